The van der Waals surface area contributed by atoms with E-state index in [1.807, 2.05) is 0 Å². The van der Waals surface area contributed by atoms with Crippen molar-refractivity contribution in [2.75, 3.05) is 17.3 Å². The molecule has 1 aliphatic heterocycles. The molecule has 24 heavy (non-hydrogen) atoms. The number of rotatable bonds is 6. The van der Waals surface area contributed by atoms with Gasteiger partial charge in [0, 0.05) is 13.0 Å². The van der Waals surface area contributed by atoms with Crippen LogP contribution in [0.1, 0.15) is 32.0 Å². The average Bonchev–Trinajstić information content (AvgIpc) is 3.11. The Morgan fingerprint density at radius 3 is 2.92 bits per heavy atom. The third-order valence-electron chi connectivity index (χ3n) is 4.04. The number of hydrogen-bond donors (Lipinski definition) is 1. The normalized spacial score (nSPS) is 17.7. The maximum absolute atomic E-state index is 13.9. The molecule has 0 bridgehead atoms. The number of hydrogen-bond acceptors (Lipinski definition) is 5. The van der Waals surface area contributed by atoms with E-state index in [1.54, 1.807) is 18.2 Å². The van der Waals surface area contributed by atoms with Crippen LogP contribution in [0.15, 0.2) is 29.4 Å². The number of anilines is 1. The van der Waals surface area contributed by atoms with Crippen LogP contribution < -0.4 is 10.7 Å². The highest BCUT2D eigenvalue weighted by molar-refractivity contribution is 8.00. The van der Waals surface area contributed by atoms with Crippen LogP contribution in [-0.2, 0) is 11.2 Å². The maximum atomic E-state index is 13.9. The zero-order valence-corrected chi connectivity index (χ0v) is 14.3. The van der Waals surface area contributed by atoms with Gasteiger partial charge in [-0.15, -0.1) is 10.2 Å². The number of nitrogen functional groups attached to an aromatic ring is 1. The van der Waals surface area contributed by atoms with Crippen LogP contribution in [0.5, 0.6) is 0 Å². The Balaban J connectivity index is 1.70. The fraction of sp³-hybridized carbons (Fsp3) is 0.438. The van der Waals surface area contributed by atoms with Gasteiger partial charge in [0.25, 0.3) is 0 Å². The Bertz CT molecular complexity index is 735. The van der Waals surface area contributed by atoms with Crippen molar-refractivity contribution in [1.82, 2.24) is 14.9 Å². The lowest BCUT2D eigenvalue weighted by Crippen LogP contribution is -2.29. The summed E-state index contributed by atoms with van der Waals surface area (Å²) in [5, 5.41) is 8.38. The lowest BCUT2D eigenvalue weighted by molar-refractivity contribution is -0.116. The van der Waals surface area contributed by atoms with Gasteiger partial charge < -0.3 is 10.7 Å². The Labute approximate surface area is 144 Å². The van der Waals surface area contributed by atoms with Gasteiger partial charge in [-0.3, -0.25) is 4.79 Å². The summed E-state index contributed by atoms with van der Waals surface area (Å²) < 4.78 is 15.4. The van der Waals surface area contributed by atoms with E-state index < -0.39 is 0 Å². The van der Waals surface area contributed by atoms with Crippen LogP contribution in [0.4, 0.5) is 10.1 Å². The summed E-state index contributed by atoms with van der Waals surface area (Å²) in [6.07, 6.45) is 3.42. The first-order valence-electron chi connectivity index (χ1n) is 8.03. The molecule has 3 rings (SSSR count). The average molecular weight is 349 g/mol. The number of nitrogens with zero attached hydrogens (tertiary/aromatic N) is 4. The molecule has 128 valence electrons. The molecule has 1 fully saturated rings. The fourth-order valence-corrected chi connectivity index (χ4v) is 3.71. The van der Waals surface area contributed by atoms with E-state index in [0.717, 1.165) is 25.1 Å². The van der Waals surface area contributed by atoms with Crippen molar-refractivity contribution in [3.8, 4) is 0 Å². The van der Waals surface area contributed by atoms with Crippen LogP contribution in [0, 0.1) is 5.82 Å². The third-order valence-corrected chi connectivity index (χ3v) is 5.25. The van der Waals surface area contributed by atoms with Crippen molar-refractivity contribution >= 4 is 23.4 Å². The molecule has 1 amide bonds. The number of amides is 1. The van der Waals surface area contributed by atoms with Crippen LogP contribution in [-0.4, -0.2) is 32.6 Å². The number of unbranched alkanes of at least 4 members (excludes halogenated alkanes) is 1. The highest BCUT2D eigenvalue weighted by Crippen LogP contribution is 2.33. The van der Waals surface area contributed by atoms with Gasteiger partial charge in [-0.2, -0.15) is 0 Å². The Hall–Kier alpha value is -2.09. The molecule has 1 aliphatic rings. The first-order chi connectivity index (χ1) is 11.6. The molecule has 1 aromatic carbocycles. The number of aromatic nitrogens is 3. The zero-order chi connectivity index (χ0) is 17.1. The van der Waals surface area contributed by atoms with Crippen molar-refractivity contribution in [3.05, 3.63) is 35.9 Å². The number of benzene rings is 1. The van der Waals surface area contributed by atoms with E-state index in [2.05, 4.69) is 17.1 Å². The zero-order valence-electron chi connectivity index (χ0n) is 13.5. The first-order valence-corrected chi connectivity index (χ1v) is 8.91. The number of carbonyl (C=O) groups is 1. The summed E-state index contributed by atoms with van der Waals surface area (Å²) >= 11 is 1.30. The Morgan fingerprint density at radius 1 is 1.38 bits per heavy atom. The number of carbonyl (C=O) groups excluding carboxylic acids is 1. The van der Waals surface area contributed by atoms with Crippen LogP contribution in [0.2, 0.25) is 0 Å². The minimum atomic E-state index is -0.389. The molecule has 2 N–H and O–H groups in total. The Kier molecular flexibility index (Phi) is 5.03. The molecule has 6 nitrogen and oxygen atoms in total. The maximum Gasteiger partial charge on any atom is 0.240 e. The van der Waals surface area contributed by atoms with Gasteiger partial charge in [0.2, 0.25) is 11.1 Å². The monoisotopic (exact) mass is 349 g/mol. The molecule has 1 atom stereocenters. The number of para-hydroxylation sites is 1. The van der Waals surface area contributed by atoms with E-state index in [0.29, 0.717) is 23.8 Å². The molecule has 0 spiro atoms. The van der Waals surface area contributed by atoms with Crippen molar-refractivity contribution in [2.45, 2.75) is 43.0 Å². The quantitative estimate of drug-likeness (QED) is 0.810. The highest BCUT2D eigenvalue weighted by Gasteiger charge is 2.35. The molecule has 0 unspecified atom stereocenters. The molecule has 0 aliphatic carbocycles. The molecule has 2 aromatic rings. The summed E-state index contributed by atoms with van der Waals surface area (Å²) in [7, 11) is 0. The minimum Gasteiger partial charge on any atom is -0.336 e. The van der Waals surface area contributed by atoms with E-state index in [4.69, 9.17) is 5.84 Å². The molecular weight excluding hydrogens is 329 g/mol. The van der Waals surface area contributed by atoms with Gasteiger partial charge >= 0.3 is 0 Å². The summed E-state index contributed by atoms with van der Waals surface area (Å²) in [4.78, 5) is 14.1. The number of nitrogens with two attached hydrogens (primary N) is 1. The standard InChI is InChI=1S/C16H20FN5OS/c1-2-3-8-14-19-20-16(22(14)18)24-13-9-10-21(15(13)23)12-7-5-4-6-11(12)17/h4-7,13H,2-3,8-10,18H2,1H3/t13-/m1/s1. The third kappa shape index (κ3) is 3.24. The predicted molar refractivity (Wildman–Crippen MR) is 91.8 cm³/mol. The SMILES string of the molecule is CCCCc1nnc(S[C@@H]2CCN(c3ccccc3F)C2=O)n1N. The molecule has 2 heterocycles. The largest absolute Gasteiger partial charge is 0.336 e. The lowest BCUT2D eigenvalue weighted by Gasteiger charge is -2.17. The summed E-state index contributed by atoms with van der Waals surface area (Å²) in [5.74, 6) is 6.23. The lowest BCUT2D eigenvalue weighted by atomic mass is 10.2. The van der Waals surface area contributed by atoms with Gasteiger partial charge in [0.05, 0.1) is 10.9 Å². The van der Waals surface area contributed by atoms with E-state index >= 15 is 0 Å². The number of halogens is 1. The summed E-state index contributed by atoms with van der Waals surface area (Å²) in [5.41, 5.74) is 0.323. The smallest absolute Gasteiger partial charge is 0.240 e. The number of aryl methyl sites for hydroxylation is 1. The van der Waals surface area contributed by atoms with Crippen LogP contribution in [0.25, 0.3) is 0 Å². The van der Waals surface area contributed by atoms with Crippen molar-refractivity contribution in [1.29, 1.82) is 0 Å². The van der Waals surface area contributed by atoms with Gasteiger partial charge in [0.1, 0.15) is 5.82 Å². The Morgan fingerprint density at radius 2 is 2.17 bits per heavy atom. The molecule has 0 saturated carbocycles. The second-order valence-corrected chi connectivity index (χ2v) is 6.88. The predicted octanol–water partition coefficient (Wildman–Crippen LogP) is 2.37. The van der Waals surface area contributed by atoms with Gasteiger partial charge in [0.15, 0.2) is 5.82 Å². The van der Waals surface area contributed by atoms with Gasteiger partial charge in [-0.1, -0.05) is 37.2 Å². The fourth-order valence-electron chi connectivity index (χ4n) is 2.69. The summed E-state index contributed by atoms with van der Waals surface area (Å²) in [6, 6.07) is 6.32. The highest BCUT2D eigenvalue weighted by atomic mass is 32.2. The van der Waals surface area contributed by atoms with Crippen LogP contribution >= 0.6 is 11.8 Å². The molecular formula is C16H20FN5OS. The van der Waals surface area contributed by atoms with Crippen molar-refractivity contribution in [3.63, 3.8) is 0 Å². The molecule has 1 saturated heterocycles. The molecule has 1 aromatic heterocycles. The molecule has 0 radical (unpaired) electrons. The second-order valence-electron chi connectivity index (χ2n) is 5.71. The number of thioether (sulfide) groups is 1. The first kappa shape index (κ1) is 16.8. The van der Waals surface area contributed by atoms with Crippen LogP contribution in [0.3, 0.4) is 0 Å². The van der Waals surface area contributed by atoms with Crippen molar-refractivity contribution in [2.24, 2.45) is 0 Å². The van der Waals surface area contributed by atoms with E-state index in [1.165, 1.54) is 27.4 Å². The minimum absolute atomic E-state index is 0.122. The van der Waals surface area contributed by atoms with Gasteiger partial charge in [-0.25, -0.2) is 9.07 Å². The summed E-state index contributed by atoms with van der Waals surface area (Å²) in [6.45, 7) is 2.58. The second kappa shape index (κ2) is 7.21. The topological polar surface area (TPSA) is 77.0 Å². The molecule has 8 heteroatoms. The van der Waals surface area contributed by atoms with E-state index in [9.17, 15) is 9.18 Å². The van der Waals surface area contributed by atoms with E-state index in [-0.39, 0.29) is 17.0 Å². The van der Waals surface area contributed by atoms with Gasteiger partial charge in [-0.05, 0) is 25.0 Å². The van der Waals surface area contributed by atoms with Crippen molar-refractivity contribution < 1.29 is 9.18 Å².